The molecule has 2 aliphatic heterocycles. The maximum Gasteiger partial charge on any atom is 0.282 e. The molecule has 0 saturated carbocycles. The summed E-state index contributed by atoms with van der Waals surface area (Å²) in [6, 6.07) is 26.6. The fraction of sp³-hybridized carbons (Fsp3) is 0.214. The molecule has 2 heterocycles. The fourth-order valence-corrected chi connectivity index (χ4v) is 4.46. The Morgan fingerprint density at radius 3 is 2.00 bits per heavy atom. The third-order valence-electron chi connectivity index (χ3n) is 6.14. The van der Waals surface area contributed by atoms with Crippen LogP contribution in [-0.4, -0.2) is 29.8 Å². The third kappa shape index (κ3) is 4.27. The Balaban J connectivity index is 1.41. The highest BCUT2D eigenvalue weighted by Crippen LogP contribution is 2.36. The number of imide groups is 1. The molecule has 0 bridgehead atoms. The van der Waals surface area contributed by atoms with Gasteiger partial charge in [0.25, 0.3) is 11.8 Å². The molecule has 3 aromatic rings. The van der Waals surface area contributed by atoms with Gasteiger partial charge in [-0.05, 0) is 54.7 Å². The zero-order valence-electron chi connectivity index (χ0n) is 18.4. The van der Waals surface area contributed by atoms with Crippen LogP contribution in [0.4, 0.5) is 5.69 Å². The highest BCUT2D eigenvalue weighted by atomic mass is 16.5. The quantitative estimate of drug-likeness (QED) is 0.506. The Morgan fingerprint density at radius 2 is 1.33 bits per heavy atom. The van der Waals surface area contributed by atoms with E-state index in [1.165, 1.54) is 4.90 Å². The lowest BCUT2D eigenvalue weighted by atomic mass is 10.0. The highest BCUT2D eigenvalue weighted by molar-refractivity contribution is 6.45. The molecule has 2 aliphatic rings. The Morgan fingerprint density at radius 1 is 0.697 bits per heavy atom. The minimum absolute atomic E-state index is 0.251. The van der Waals surface area contributed by atoms with Crippen molar-refractivity contribution < 1.29 is 14.3 Å². The van der Waals surface area contributed by atoms with Crippen LogP contribution in [0.3, 0.4) is 0 Å². The lowest BCUT2D eigenvalue weighted by Crippen LogP contribution is -2.37. The molecule has 0 N–H and O–H groups in total. The van der Waals surface area contributed by atoms with Gasteiger partial charge >= 0.3 is 0 Å². The molecule has 166 valence electrons. The van der Waals surface area contributed by atoms with Crippen LogP contribution in [0.2, 0.25) is 0 Å². The van der Waals surface area contributed by atoms with Crippen LogP contribution >= 0.6 is 0 Å². The van der Waals surface area contributed by atoms with Crippen molar-refractivity contribution in [2.24, 2.45) is 0 Å². The molecule has 0 unspecified atom stereocenters. The predicted octanol–water partition coefficient (Wildman–Crippen LogP) is 5.04. The molecule has 0 aromatic heterocycles. The van der Waals surface area contributed by atoms with Crippen molar-refractivity contribution in [3.8, 4) is 5.75 Å². The maximum absolute atomic E-state index is 13.6. The van der Waals surface area contributed by atoms with E-state index < -0.39 is 0 Å². The molecule has 0 spiro atoms. The molecule has 2 amide bonds. The van der Waals surface area contributed by atoms with Crippen LogP contribution in [0.15, 0.2) is 90.6 Å². The topological polar surface area (TPSA) is 49.9 Å². The van der Waals surface area contributed by atoms with Crippen LogP contribution < -0.4 is 9.64 Å². The predicted molar refractivity (Wildman–Crippen MR) is 128 cm³/mol. The number of hydrogen-bond donors (Lipinski definition) is 0. The summed E-state index contributed by atoms with van der Waals surface area (Å²) in [5, 5.41) is 0. The van der Waals surface area contributed by atoms with Crippen LogP contribution in [0.25, 0.3) is 5.57 Å². The smallest absolute Gasteiger partial charge is 0.282 e. The van der Waals surface area contributed by atoms with Gasteiger partial charge in [0, 0.05) is 13.1 Å². The monoisotopic (exact) mass is 438 g/mol. The second kappa shape index (κ2) is 9.33. The van der Waals surface area contributed by atoms with Crippen molar-refractivity contribution >= 4 is 23.1 Å². The summed E-state index contributed by atoms with van der Waals surface area (Å²) in [5.41, 5.74) is 3.43. The number of rotatable bonds is 6. The van der Waals surface area contributed by atoms with Gasteiger partial charge < -0.3 is 9.64 Å². The summed E-state index contributed by atoms with van der Waals surface area (Å²) in [6.07, 6.45) is 3.21. The molecule has 3 aromatic carbocycles. The summed E-state index contributed by atoms with van der Waals surface area (Å²) in [6.45, 7) is 2.05. The Bertz CT molecular complexity index is 1160. The molecule has 0 atom stereocenters. The number of carbonyl (C=O) groups is 2. The van der Waals surface area contributed by atoms with Gasteiger partial charge in [-0.2, -0.15) is 0 Å². The van der Waals surface area contributed by atoms with E-state index in [0.717, 1.165) is 43.5 Å². The largest absolute Gasteiger partial charge is 0.489 e. The number of amides is 2. The third-order valence-corrected chi connectivity index (χ3v) is 6.14. The van der Waals surface area contributed by atoms with E-state index in [2.05, 4.69) is 4.90 Å². The van der Waals surface area contributed by atoms with Gasteiger partial charge in [-0.1, -0.05) is 60.7 Å². The van der Waals surface area contributed by atoms with Crippen LogP contribution in [0.1, 0.15) is 30.4 Å². The number of piperidine rings is 1. The summed E-state index contributed by atoms with van der Waals surface area (Å²) in [7, 11) is 0. The van der Waals surface area contributed by atoms with Gasteiger partial charge in [-0.15, -0.1) is 0 Å². The number of carbonyl (C=O) groups excluding carboxylic acids is 2. The molecule has 0 radical (unpaired) electrons. The van der Waals surface area contributed by atoms with E-state index in [4.69, 9.17) is 4.74 Å². The number of benzene rings is 3. The Kier molecular flexibility index (Phi) is 5.94. The maximum atomic E-state index is 13.6. The van der Waals surface area contributed by atoms with Gasteiger partial charge in [0.15, 0.2) is 0 Å². The summed E-state index contributed by atoms with van der Waals surface area (Å²) in [4.78, 5) is 30.5. The molecule has 33 heavy (non-hydrogen) atoms. The molecular weight excluding hydrogens is 412 g/mol. The standard InChI is InChI=1S/C28H26N2O3/c31-27-25(22-12-6-2-7-13-22)26(29-18-8-3-9-19-29)28(32)30(27)23-14-16-24(17-15-23)33-20-21-10-4-1-5-11-21/h1-2,4-7,10-17H,3,8-9,18-20H2. The van der Waals surface area contributed by atoms with Crippen molar-refractivity contribution in [2.45, 2.75) is 25.9 Å². The average Bonchev–Trinajstić information content (AvgIpc) is 3.14. The first kappa shape index (κ1) is 21.0. The minimum atomic E-state index is -0.273. The zero-order chi connectivity index (χ0) is 22.6. The fourth-order valence-electron chi connectivity index (χ4n) is 4.46. The molecular formula is C28H26N2O3. The van der Waals surface area contributed by atoms with Gasteiger partial charge in [0.2, 0.25) is 0 Å². The van der Waals surface area contributed by atoms with E-state index in [0.29, 0.717) is 29.3 Å². The Labute approximate surface area is 193 Å². The van der Waals surface area contributed by atoms with Gasteiger partial charge in [0.1, 0.15) is 18.1 Å². The molecule has 1 saturated heterocycles. The zero-order valence-corrected chi connectivity index (χ0v) is 18.4. The average molecular weight is 439 g/mol. The summed E-state index contributed by atoms with van der Waals surface area (Å²) < 4.78 is 5.86. The van der Waals surface area contributed by atoms with Crippen molar-refractivity contribution in [3.05, 3.63) is 102 Å². The van der Waals surface area contributed by atoms with Crippen LogP contribution in [0.5, 0.6) is 5.75 Å². The van der Waals surface area contributed by atoms with E-state index in [1.807, 2.05) is 60.7 Å². The van der Waals surface area contributed by atoms with Crippen molar-refractivity contribution in [2.75, 3.05) is 18.0 Å². The molecule has 5 rings (SSSR count). The normalized spacial score (nSPS) is 16.5. The molecule has 1 fully saturated rings. The van der Waals surface area contributed by atoms with Crippen molar-refractivity contribution in [1.82, 2.24) is 4.90 Å². The van der Waals surface area contributed by atoms with E-state index in [1.54, 1.807) is 24.3 Å². The van der Waals surface area contributed by atoms with Crippen LogP contribution in [-0.2, 0) is 16.2 Å². The first-order chi connectivity index (χ1) is 16.2. The summed E-state index contributed by atoms with van der Waals surface area (Å²) in [5.74, 6) is 0.164. The number of ether oxygens (including phenoxy) is 1. The van der Waals surface area contributed by atoms with Crippen LogP contribution in [0, 0.1) is 0 Å². The lowest BCUT2D eigenvalue weighted by Gasteiger charge is -2.29. The number of anilines is 1. The number of hydrogen-bond acceptors (Lipinski definition) is 4. The van der Waals surface area contributed by atoms with Gasteiger partial charge in [-0.3, -0.25) is 9.59 Å². The van der Waals surface area contributed by atoms with Crippen molar-refractivity contribution in [3.63, 3.8) is 0 Å². The van der Waals surface area contributed by atoms with Crippen molar-refractivity contribution in [1.29, 1.82) is 0 Å². The molecule has 5 heteroatoms. The highest BCUT2D eigenvalue weighted by Gasteiger charge is 2.42. The number of nitrogens with zero attached hydrogens (tertiary/aromatic N) is 2. The molecule has 0 aliphatic carbocycles. The second-order valence-corrected chi connectivity index (χ2v) is 8.35. The second-order valence-electron chi connectivity index (χ2n) is 8.35. The lowest BCUT2D eigenvalue weighted by molar-refractivity contribution is -0.120. The summed E-state index contributed by atoms with van der Waals surface area (Å²) >= 11 is 0. The van der Waals surface area contributed by atoms with E-state index in [-0.39, 0.29) is 11.8 Å². The number of likely N-dealkylation sites (tertiary alicyclic amines) is 1. The molecule has 5 nitrogen and oxygen atoms in total. The SMILES string of the molecule is O=C1C(c2ccccc2)=C(N2CCCCC2)C(=O)N1c1ccc(OCc2ccccc2)cc1. The van der Waals surface area contributed by atoms with E-state index in [9.17, 15) is 9.59 Å². The van der Waals surface area contributed by atoms with Gasteiger partial charge in [0.05, 0.1) is 11.3 Å². The first-order valence-electron chi connectivity index (χ1n) is 11.4. The van der Waals surface area contributed by atoms with E-state index >= 15 is 0 Å². The minimum Gasteiger partial charge on any atom is -0.489 e. The first-order valence-corrected chi connectivity index (χ1v) is 11.4. The van der Waals surface area contributed by atoms with Gasteiger partial charge in [-0.25, -0.2) is 4.90 Å². The Hall–Kier alpha value is -3.86.